The minimum Gasteiger partial charge on any atom is -0.399 e. The topological polar surface area (TPSA) is 72.9 Å². The lowest BCUT2D eigenvalue weighted by molar-refractivity contribution is -0.119. The van der Waals surface area contributed by atoms with Gasteiger partial charge in [-0.25, -0.2) is 4.98 Å². The first-order chi connectivity index (χ1) is 7.74. The zero-order chi connectivity index (χ0) is 11.1. The van der Waals surface area contributed by atoms with Gasteiger partial charge in [0.2, 0.25) is 5.91 Å². The molecule has 3 rings (SSSR count). The number of amides is 1. The Labute approximate surface area is 92.3 Å². The molecule has 82 valence electrons. The van der Waals surface area contributed by atoms with Crippen LogP contribution in [0.4, 0.5) is 5.69 Å². The number of nitrogens with zero attached hydrogens (tertiary/aromatic N) is 2. The van der Waals surface area contributed by atoms with Crippen LogP contribution in [0.15, 0.2) is 24.5 Å². The number of nitrogen functional groups attached to an aromatic ring is 1. The molecule has 2 aromatic rings. The van der Waals surface area contributed by atoms with Gasteiger partial charge in [-0.05, 0) is 18.2 Å². The minimum atomic E-state index is 0.0993. The summed E-state index contributed by atoms with van der Waals surface area (Å²) < 4.78 is 2.03. The second-order valence-electron chi connectivity index (χ2n) is 4.06. The zero-order valence-electron chi connectivity index (χ0n) is 8.68. The van der Waals surface area contributed by atoms with Crippen LogP contribution in [0.1, 0.15) is 12.5 Å². The summed E-state index contributed by atoms with van der Waals surface area (Å²) in [6, 6.07) is 5.81. The maximum Gasteiger partial charge on any atom is 0.222 e. The van der Waals surface area contributed by atoms with Crippen LogP contribution in [-0.2, 0) is 4.79 Å². The average molecular weight is 216 g/mol. The molecule has 1 aliphatic rings. The molecule has 0 spiro atoms. The van der Waals surface area contributed by atoms with Gasteiger partial charge in [0.25, 0.3) is 0 Å². The third-order valence-corrected chi connectivity index (χ3v) is 2.95. The van der Waals surface area contributed by atoms with E-state index in [0.29, 0.717) is 18.7 Å². The van der Waals surface area contributed by atoms with E-state index in [4.69, 9.17) is 5.73 Å². The maximum atomic E-state index is 11.2. The number of imidazole rings is 1. The molecule has 0 saturated carbocycles. The third-order valence-electron chi connectivity index (χ3n) is 2.95. The molecular formula is C11H12N4O. The highest BCUT2D eigenvalue weighted by atomic mass is 16.1. The van der Waals surface area contributed by atoms with Crippen LogP contribution in [0.3, 0.4) is 0 Å². The molecule has 0 aliphatic carbocycles. The summed E-state index contributed by atoms with van der Waals surface area (Å²) >= 11 is 0. The lowest BCUT2D eigenvalue weighted by Crippen LogP contribution is -2.15. The number of carbonyl (C=O) groups excluding carboxylic acids is 1. The van der Waals surface area contributed by atoms with Gasteiger partial charge in [0, 0.05) is 18.7 Å². The maximum absolute atomic E-state index is 11.2. The van der Waals surface area contributed by atoms with Gasteiger partial charge in [0.05, 0.1) is 23.4 Å². The molecule has 1 aromatic carbocycles. The average Bonchev–Trinajstić information content (AvgIpc) is 2.83. The fourth-order valence-corrected chi connectivity index (χ4v) is 2.13. The number of fused-ring (bicyclic) bond motifs is 1. The van der Waals surface area contributed by atoms with Crippen molar-refractivity contribution in [2.45, 2.75) is 12.5 Å². The monoisotopic (exact) mass is 216 g/mol. The predicted octanol–water partition coefficient (Wildman–Crippen LogP) is 0.679. The number of rotatable bonds is 1. The quantitative estimate of drug-likeness (QED) is 0.688. The number of nitrogens with two attached hydrogens (primary N) is 1. The zero-order valence-corrected chi connectivity index (χ0v) is 8.68. The summed E-state index contributed by atoms with van der Waals surface area (Å²) in [5.74, 6) is 0.0993. The molecule has 0 radical (unpaired) electrons. The summed E-state index contributed by atoms with van der Waals surface area (Å²) in [6.45, 7) is 0.675. The number of anilines is 1. The predicted molar refractivity (Wildman–Crippen MR) is 60.8 cm³/mol. The van der Waals surface area contributed by atoms with Gasteiger partial charge < -0.3 is 15.6 Å². The summed E-state index contributed by atoms with van der Waals surface area (Å²) in [5, 5.41) is 2.82. The van der Waals surface area contributed by atoms with Gasteiger partial charge in [-0.2, -0.15) is 0 Å². The van der Waals surface area contributed by atoms with Crippen molar-refractivity contribution >= 4 is 22.6 Å². The fraction of sp³-hybridized carbons (Fsp3) is 0.273. The summed E-state index contributed by atoms with van der Waals surface area (Å²) in [7, 11) is 0. The van der Waals surface area contributed by atoms with Crippen LogP contribution < -0.4 is 11.1 Å². The Kier molecular flexibility index (Phi) is 1.86. The lowest BCUT2D eigenvalue weighted by atomic mass is 10.2. The normalized spacial score (nSPS) is 20.2. The number of hydrogen-bond donors (Lipinski definition) is 2. The molecule has 16 heavy (non-hydrogen) atoms. The molecule has 1 saturated heterocycles. The first-order valence-corrected chi connectivity index (χ1v) is 5.23. The molecule has 5 nitrogen and oxygen atoms in total. The Balaban J connectivity index is 2.07. The van der Waals surface area contributed by atoms with E-state index in [9.17, 15) is 4.79 Å². The highest BCUT2D eigenvalue weighted by molar-refractivity contribution is 5.81. The number of nitrogens with one attached hydrogen (secondary N) is 1. The van der Waals surface area contributed by atoms with Crippen LogP contribution in [0.2, 0.25) is 0 Å². The van der Waals surface area contributed by atoms with Gasteiger partial charge in [-0.15, -0.1) is 0 Å². The van der Waals surface area contributed by atoms with E-state index in [2.05, 4.69) is 10.3 Å². The van der Waals surface area contributed by atoms with E-state index in [1.54, 1.807) is 6.33 Å². The number of benzene rings is 1. The van der Waals surface area contributed by atoms with Crippen molar-refractivity contribution in [2.75, 3.05) is 12.3 Å². The smallest absolute Gasteiger partial charge is 0.222 e. The highest BCUT2D eigenvalue weighted by Crippen LogP contribution is 2.23. The van der Waals surface area contributed by atoms with Crippen LogP contribution in [0.25, 0.3) is 11.0 Å². The molecule has 1 atom stereocenters. The molecule has 1 amide bonds. The van der Waals surface area contributed by atoms with Crippen molar-refractivity contribution < 1.29 is 4.79 Å². The summed E-state index contributed by atoms with van der Waals surface area (Å²) in [6.07, 6.45) is 2.30. The van der Waals surface area contributed by atoms with Crippen molar-refractivity contribution in [3.63, 3.8) is 0 Å². The molecule has 1 unspecified atom stereocenters. The van der Waals surface area contributed by atoms with Crippen LogP contribution in [-0.4, -0.2) is 22.0 Å². The number of hydrogen-bond acceptors (Lipinski definition) is 3. The van der Waals surface area contributed by atoms with Crippen molar-refractivity contribution in [1.82, 2.24) is 14.9 Å². The highest BCUT2D eigenvalue weighted by Gasteiger charge is 2.23. The van der Waals surface area contributed by atoms with Crippen LogP contribution in [0.5, 0.6) is 0 Å². The van der Waals surface area contributed by atoms with E-state index in [1.165, 1.54) is 0 Å². The molecular weight excluding hydrogens is 204 g/mol. The van der Waals surface area contributed by atoms with Crippen LogP contribution in [0, 0.1) is 0 Å². The van der Waals surface area contributed by atoms with Crippen molar-refractivity contribution in [1.29, 1.82) is 0 Å². The summed E-state index contributed by atoms with van der Waals surface area (Å²) in [5.41, 5.74) is 8.30. The molecule has 1 aromatic heterocycles. The SMILES string of the molecule is Nc1ccc2c(c1)ncn2C1CNC(=O)C1. The van der Waals surface area contributed by atoms with Crippen LogP contribution >= 0.6 is 0 Å². The Hall–Kier alpha value is -2.04. The molecule has 1 aliphatic heterocycles. The van der Waals surface area contributed by atoms with Gasteiger partial charge in [0.1, 0.15) is 0 Å². The molecule has 0 bridgehead atoms. The van der Waals surface area contributed by atoms with E-state index in [1.807, 2.05) is 22.8 Å². The standard InChI is InChI=1S/C11H12N4O/c12-7-1-2-10-9(3-7)14-6-15(10)8-4-11(16)13-5-8/h1-3,6,8H,4-5,12H2,(H,13,16). The Morgan fingerprint density at radius 1 is 1.50 bits per heavy atom. The Bertz CT molecular complexity index is 560. The minimum absolute atomic E-state index is 0.0993. The van der Waals surface area contributed by atoms with E-state index < -0.39 is 0 Å². The number of carbonyl (C=O) groups is 1. The van der Waals surface area contributed by atoms with Gasteiger partial charge in [-0.1, -0.05) is 0 Å². The Morgan fingerprint density at radius 2 is 2.38 bits per heavy atom. The molecule has 3 N–H and O–H groups in total. The van der Waals surface area contributed by atoms with Gasteiger partial charge in [-0.3, -0.25) is 4.79 Å². The molecule has 1 fully saturated rings. The number of aromatic nitrogens is 2. The second kappa shape index (κ2) is 3.23. The largest absolute Gasteiger partial charge is 0.399 e. The van der Waals surface area contributed by atoms with Gasteiger partial charge >= 0.3 is 0 Å². The van der Waals surface area contributed by atoms with Gasteiger partial charge in [0.15, 0.2) is 0 Å². The van der Waals surface area contributed by atoms with Crippen molar-refractivity contribution in [3.8, 4) is 0 Å². The molecule has 5 heteroatoms. The van der Waals surface area contributed by atoms with E-state index >= 15 is 0 Å². The van der Waals surface area contributed by atoms with E-state index in [0.717, 1.165) is 11.0 Å². The summed E-state index contributed by atoms with van der Waals surface area (Å²) in [4.78, 5) is 15.5. The first-order valence-electron chi connectivity index (χ1n) is 5.23. The van der Waals surface area contributed by atoms with E-state index in [-0.39, 0.29) is 11.9 Å². The fourth-order valence-electron chi connectivity index (χ4n) is 2.13. The second-order valence-corrected chi connectivity index (χ2v) is 4.06. The Morgan fingerprint density at radius 3 is 3.12 bits per heavy atom. The molecule has 2 heterocycles. The third kappa shape index (κ3) is 1.32. The van der Waals surface area contributed by atoms with Crippen molar-refractivity contribution in [2.24, 2.45) is 0 Å². The lowest BCUT2D eigenvalue weighted by Gasteiger charge is -2.10. The first kappa shape index (κ1) is 9.21. The van der Waals surface area contributed by atoms with Crippen molar-refractivity contribution in [3.05, 3.63) is 24.5 Å².